The number of aliphatic hydroxyl groups is 3. The summed E-state index contributed by atoms with van der Waals surface area (Å²) in [6, 6.07) is 0. The van der Waals surface area contributed by atoms with Crippen LogP contribution in [0.1, 0.15) is 13.3 Å². The number of carbonyl (C=O) groups is 1. The summed E-state index contributed by atoms with van der Waals surface area (Å²) in [5.41, 5.74) is 0. The van der Waals surface area contributed by atoms with E-state index in [1.165, 1.54) is 0 Å². The van der Waals surface area contributed by atoms with Crippen molar-refractivity contribution >= 4 is 5.97 Å². The third-order valence-corrected chi connectivity index (χ3v) is 0.302. The summed E-state index contributed by atoms with van der Waals surface area (Å²) in [6.07, 6.45) is 0.222. The molecule has 0 aliphatic carbocycles. The topological polar surface area (TPSA) is 98.0 Å². The van der Waals surface area contributed by atoms with E-state index in [2.05, 4.69) is 0 Å². The van der Waals surface area contributed by atoms with Crippen LogP contribution in [0.15, 0.2) is 0 Å². The summed E-state index contributed by atoms with van der Waals surface area (Å²) in [5.74, 6) is -0.745. The van der Waals surface area contributed by atoms with E-state index in [4.69, 9.17) is 20.4 Å². The molecule has 0 bridgehead atoms. The van der Waals surface area contributed by atoms with E-state index in [-0.39, 0.29) is 32.6 Å². The van der Waals surface area contributed by atoms with Crippen molar-refractivity contribution in [3.63, 3.8) is 0 Å². The zero-order valence-corrected chi connectivity index (χ0v) is 10.4. The van der Waals surface area contributed by atoms with Crippen LogP contribution in [0.3, 0.4) is 0 Å². The van der Waals surface area contributed by atoms with Crippen LogP contribution in [0.5, 0.6) is 0 Å². The molecule has 0 aromatic heterocycles. The van der Waals surface area contributed by atoms with E-state index >= 15 is 0 Å². The SMILES string of the molecule is CCC(=O)O.CO.CO.CO.[Zr]. The van der Waals surface area contributed by atoms with Crippen molar-refractivity contribution in [2.24, 2.45) is 0 Å². The maximum absolute atomic E-state index is 9.37. The van der Waals surface area contributed by atoms with Crippen LogP contribution in [0, 0.1) is 0 Å². The first kappa shape index (κ1) is 29.5. The summed E-state index contributed by atoms with van der Waals surface area (Å²) >= 11 is 0. The fourth-order valence-electron chi connectivity index (χ4n) is 0. The van der Waals surface area contributed by atoms with E-state index in [1.807, 2.05) is 0 Å². The number of carboxylic acid groups (broad SMARTS) is 1. The van der Waals surface area contributed by atoms with Gasteiger partial charge in [0.1, 0.15) is 0 Å². The van der Waals surface area contributed by atoms with Crippen LogP contribution in [0.4, 0.5) is 0 Å². The van der Waals surface area contributed by atoms with Crippen molar-refractivity contribution in [2.45, 2.75) is 13.3 Å². The van der Waals surface area contributed by atoms with Gasteiger partial charge < -0.3 is 20.4 Å². The Balaban J connectivity index is -0.0000000203. The molecule has 0 saturated heterocycles. The fourth-order valence-corrected chi connectivity index (χ4v) is 0. The van der Waals surface area contributed by atoms with Gasteiger partial charge in [-0.15, -0.1) is 0 Å². The maximum Gasteiger partial charge on any atom is 0.303 e. The van der Waals surface area contributed by atoms with Crippen molar-refractivity contribution in [2.75, 3.05) is 21.3 Å². The molecule has 0 amide bonds. The third-order valence-electron chi connectivity index (χ3n) is 0.302. The van der Waals surface area contributed by atoms with E-state index < -0.39 is 5.97 Å². The molecule has 0 radical (unpaired) electrons. The first-order valence-electron chi connectivity index (χ1n) is 2.83. The van der Waals surface area contributed by atoms with Gasteiger partial charge in [-0.05, 0) is 0 Å². The van der Waals surface area contributed by atoms with Crippen LogP contribution < -0.4 is 0 Å². The second-order valence-corrected chi connectivity index (χ2v) is 0.747. The standard InChI is InChI=1S/C3H6O2.3CH4O.Zr/c1-2-3(4)5;3*1-2;/h2H2,1H3,(H,4,5);3*2H,1H3;. The van der Waals surface area contributed by atoms with Crippen LogP contribution in [0.25, 0.3) is 0 Å². The van der Waals surface area contributed by atoms with Gasteiger partial charge in [0.25, 0.3) is 0 Å². The summed E-state index contributed by atoms with van der Waals surface area (Å²) < 4.78 is 0. The molecule has 0 atom stereocenters. The van der Waals surface area contributed by atoms with Gasteiger partial charge >= 0.3 is 5.97 Å². The minimum absolute atomic E-state index is 0. The molecule has 4 N–H and O–H groups in total. The Hall–Kier alpha value is 0.233. The molecule has 0 heterocycles. The summed E-state index contributed by atoms with van der Waals surface area (Å²) in [7, 11) is 3.00. The van der Waals surface area contributed by atoms with E-state index in [9.17, 15) is 4.79 Å². The maximum atomic E-state index is 9.37. The van der Waals surface area contributed by atoms with Crippen LogP contribution in [-0.4, -0.2) is 47.7 Å². The predicted molar refractivity (Wildman–Crippen MR) is 42.4 cm³/mol. The molecule has 76 valence electrons. The second-order valence-electron chi connectivity index (χ2n) is 0.747. The molecular formula is C6H18O5Zr. The summed E-state index contributed by atoms with van der Waals surface area (Å²) in [5, 5.41) is 28.7. The van der Waals surface area contributed by atoms with Gasteiger partial charge in [-0.2, -0.15) is 0 Å². The molecule has 0 aromatic carbocycles. The Morgan fingerprint density at radius 2 is 1.08 bits per heavy atom. The van der Waals surface area contributed by atoms with Crippen LogP contribution >= 0.6 is 0 Å². The van der Waals surface area contributed by atoms with Crippen LogP contribution in [0.2, 0.25) is 0 Å². The Morgan fingerprint density at radius 1 is 1.00 bits per heavy atom. The average molecular weight is 261 g/mol. The van der Waals surface area contributed by atoms with Crippen molar-refractivity contribution in [3.8, 4) is 0 Å². The number of aliphatic carboxylic acids is 1. The van der Waals surface area contributed by atoms with Gasteiger partial charge in [-0.1, -0.05) is 6.92 Å². The minimum atomic E-state index is -0.745. The molecule has 0 rings (SSSR count). The first-order chi connectivity index (χ1) is 5.27. The molecule has 5 nitrogen and oxygen atoms in total. The fraction of sp³-hybridized carbons (Fsp3) is 0.833. The Morgan fingerprint density at radius 3 is 1.08 bits per heavy atom. The number of carboxylic acids is 1. The van der Waals surface area contributed by atoms with Crippen LogP contribution in [-0.2, 0) is 31.0 Å². The molecule has 12 heavy (non-hydrogen) atoms. The second kappa shape index (κ2) is 65.6. The molecule has 0 aliphatic heterocycles. The molecule has 0 saturated carbocycles. The monoisotopic (exact) mass is 260 g/mol. The quantitative estimate of drug-likeness (QED) is 0.500. The van der Waals surface area contributed by atoms with Crippen molar-refractivity contribution in [1.82, 2.24) is 0 Å². The zero-order chi connectivity index (χ0) is 10.3. The number of hydrogen-bond acceptors (Lipinski definition) is 4. The Kier molecular flexibility index (Phi) is 161. The van der Waals surface area contributed by atoms with Crippen molar-refractivity contribution in [3.05, 3.63) is 0 Å². The average Bonchev–Trinajstić information content (AvgIpc) is 2.15. The molecule has 0 spiro atoms. The van der Waals surface area contributed by atoms with Gasteiger partial charge in [-0.25, -0.2) is 0 Å². The normalized spacial score (nSPS) is 4.58. The van der Waals surface area contributed by atoms with E-state index in [0.29, 0.717) is 0 Å². The Bertz CT molecular complexity index is 51.2. The first-order valence-corrected chi connectivity index (χ1v) is 2.83. The molecule has 0 unspecified atom stereocenters. The van der Waals surface area contributed by atoms with Gasteiger partial charge in [0.2, 0.25) is 0 Å². The predicted octanol–water partition coefficient (Wildman–Crippen LogP) is -0.696. The molecule has 0 aliphatic rings. The molecule has 0 aromatic rings. The van der Waals surface area contributed by atoms with E-state index in [1.54, 1.807) is 6.92 Å². The largest absolute Gasteiger partial charge is 0.481 e. The van der Waals surface area contributed by atoms with E-state index in [0.717, 1.165) is 21.3 Å². The van der Waals surface area contributed by atoms with Crippen molar-refractivity contribution in [1.29, 1.82) is 0 Å². The molecular weight excluding hydrogens is 243 g/mol. The molecule has 0 fully saturated rings. The number of hydrogen-bond donors (Lipinski definition) is 4. The minimum Gasteiger partial charge on any atom is -0.481 e. The van der Waals surface area contributed by atoms with Gasteiger partial charge in [0.05, 0.1) is 0 Å². The van der Waals surface area contributed by atoms with Gasteiger partial charge in [0.15, 0.2) is 0 Å². The number of rotatable bonds is 1. The summed E-state index contributed by atoms with van der Waals surface area (Å²) in [4.78, 5) is 9.37. The Labute approximate surface area is 92.2 Å². The van der Waals surface area contributed by atoms with Gasteiger partial charge in [-0.3, -0.25) is 4.79 Å². The summed E-state index contributed by atoms with van der Waals surface area (Å²) in [6.45, 7) is 1.60. The molecule has 6 heteroatoms. The zero-order valence-electron chi connectivity index (χ0n) is 7.90. The third kappa shape index (κ3) is 175. The smallest absolute Gasteiger partial charge is 0.303 e. The number of aliphatic hydroxyl groups excluding tert-OH is 3. The van der Waals surface area contributed by atoms with Crippen molar-refractivity contribution < 1.29 is 51.4 Å². The van der Waals surface area contributed by atoms with Gasteiger partial charge in [0, 0.05) is 54.0 Å².